The van der Waals surface area contributed by atoms with E-state index in [-0.39, 0.29) is 0 Å². The van der Waals surface area contributed by atoms with Crippen LogP contribution >= 0.6 is 0 Å². The van der Waals surface area contributed by atoms with Crippen molar-refractivity contribution < 1.29 is 18.3 Å². The van der Waals surface area contributed by atoms with E-state index in [0.717, 1.165) is 25.7 Å². The van der Waals surface area contributed by atoms with E-state index in [0.29, 0.717) is 45.6 Å². The third-order valence-electron chi connectivity index (χ3n) is 4.91. The van der Waals surface area contributed by atoms with Crippen LogP contribution in [0.5, 0.6) is 0 Å². The van der Waals surface area contributed by atoms with Crippen LogP contribution in [0.4, 0.5) is 0 Å². The molecule has 1 unspecified atom stereocenters. The fourth-order valence-corrected chi connectivity index (χ4v) is 5.26. The topological polar surface area (TPSA) is 70.1 Å². The normalized spacial score (nSPS) is 32.8. The second-order valence-electron chi connectivity index (χ2n) is 6.08. The van der Waals surface area contributed by atoms with E-state index >= 15 is 0 Å². The van der Waals surface area contributed by atoms with Crippen LogP contribution in [0.3, 0.4) is 0 Å². The summed E-state index contributed by atoms with van der Waals surface area (Å²) in [5, 5.41) is 10.2. The minimum Gasteiger partial charge on any atom is -0.390 e. The largest absolute Gasteiger partial charge is 0.390 e. The first-order valence-electron chi connectivity index (χ1n) is 7.62. The van der Waals surface area contributed by atoms with Crippen molar-refractivity contribution in [2.75, 3.05) is 32.8 Å². The molecule has 0 aliphatic carbocycles. The Morgan fingerprint density at radius 2 is 1.60 bits per heavy atom. The van der Waals surface area contributed by atoms with Crippen LogP contribution in [0.1, 0.15) is 38.5 Å². The Balaban J connectivity index is 1.66. The summed E-state index contributed by atoms with van der Waals surface area (Å²) in [4.78, 5) is 0. The average molecular weight is 304 g/mol. The highest BCUT2D eigenvalue weighted by Gasteiger charge is 2.46. The molecule has 0 aromatic carbocycles. The molecule has 0 radical (unpaired) electrons. The molecule has 3 heterocycles. The van der Waals surface area contributed by atoms with Gasteiger partial charge in [-0.25, -0.2) is 0 Å². The minimum absolute atomic E-state index is 0.451. The van der Waals surface area contributed by atoms with Crippen LogP contribution < -0.4 is 0 Å². The second kappa shape index (κ2) is 5.53. The van der Waals surface area contributed by atoms with Crippen LogP contribution in [0.25, 0.3) is 0 Å². The Kier molecular flexibility index (Phi) is 4.07. The molecular weight excluding hydrogens is 280 g/mol. The highest BCUT2D eigenvalue weighted by atomic mass is 32.2. The van der Waals surface area contributed by atoms with Crippen molar-refractivity contribution in [2.45, 2.75) is 50.2 Å². The molecule has 0 saturated carbocycles. The van der Waals surface area contributed by atoms with Crippen molar-refractivity contribution in [2.24, 2.45) is 0 Å². The molecule has 1 N–H and O–H groups in total. The molecule has 0 bridgehead atoms. The summed E-state index contributed by atoms with van der Waals surface area (Å²) < 4.78 is 33.9. The zero-order valence-electron chi connectivity index (χ0n) is 11.8. The Morgan fingerprint density at radius 3 is 2.20 bits per heavy atom. The Morgan fingerprint density at radius 1 is 1.00 bits per heavy atom. The van der Waals surface area contributed by atoms with Gasteiger partial charge in [-0.15, -0.1) is 0 Å². The molecule has 6 nitrogen and oxygen atoms in total. The van der Waals surface area contributed by atoms with Gasteiger partial charge in [-0.05, 0) is 38.5 Å². The molecule has 0 amide bonds. The molecule has 1 spiro atoms. The molecule has 1 atom stereocenters. The standard InChI is InChI=1S/C13H24N2O4S/c16-12-4-3-11-19-13(12)5-9-15(10-6-13)20(17,18)14-7-1-2-8-14/h12,16H,1-11H2. The molecule has 7 heteroatoms. The highest BCUT2D eigenvalue weighted by molar-refractivity contribution is 7.86. The summed E-state index contributed by atoms with van der Waals surface area (Å²) in [6.45, 7) is 2.87. The predicted molar refractivity (Wildman–Crippen MR) is 74.5 cm³/mol. The third-order valence-corrected chi connectivity index (χ3v) is 6.94. The number of ether oxygens (including phenoxy) is 1. The van der Waals surface area contributed by atoms with E-state index in [4.69, 9.17) is 4.74 Å². The summed E-state index contributed by atoms with van der Waals surface area (Å²) in [5.74, 6) is 0. The van der Waals surface area contributed by atoms with Crippen LogP contribution in [0.2, 0.25) is 0 Å². The van der Waals surface area contributed by atoms with Crippen LogP contribution in [0, 0.1) is 0 Å². The van der Waals surface area contributed by atoms with Gasteiger partial charge < -0.3 is 9.84 Å². The van der Waals surface area contributed by atoms with Gasteiger partial charge in [0.2, 0.25) is 0 Å². The predicted octanol–water partition coefficient (Wildman–Crippen LogP) is 0.333. The lowest BCUT2D eigenvalue weighted by Gasteiger charge is -2.46. The van der Waals surface area contributed by atoms with Gasteiger partial charge in [-0.3, -0.25) is 0 Å². The lowest BCUT2D eigenvalue weighted by Crippen LogP contribution is -2.57. The minimum atomic E-state index is -3.31. The van der Waals surface area contributed by atoms with Gasteiger partial charge in [0, 0.05) is 32.8 Å². The van der Waals surface area contributed by atoms with E-state index in [2.05, 4.69) is 0 Å². The number of hydrogen-bond donors (Lipinski definition) is 1. The molecule has 0 aromatic rings. The van der Waals surface area contributed by atoms with E-state index in [1.165, 1.54) is 0 Å². The van der Waals surface area contributed by atoms with Crippen molar-refractivity contribution in [3.05, 3.63) is 0 Å². The summed E-state index contributed by atoms with van der Waals surface area (Å²) in [7, 11) is -3.31. The van der Waals surface area contributed by atoms with Crippen LogP contribution in [-0.2, 0) is 14.9 Å². The molecule has 3 rings (SSSR count). The molecule has 116 valence electrons. The average Bonchev–Trinajstić information content (AvgIpc) is 2.98. The fraction of sp³-hybridized carbons (Fsp3) is 1.00. The summed E-state index contributed by atoms with van der Waals surface area (Å²) >= 11 is 0. The lowest BCUT2D eigenvalue weighted by atomic mass is 9.82. The first kappa shape index (κ1) is 14.7. The van der Waals surface area contributed by atoms with Gasteiger partial charge in [0.05, 0.1) is 11.7 Å². The lowest BCUT2D eigenvalue weighted by molar-refractivity contribution is -0.172. The van der Waals surface area contributed by atoms with Gasteiger partial charge in [0.1, 0.15) is 0 Å². The molecule has 20 heavy (non-hydrogen) atoms. The Hall–Kier alpha value is -0.210. The van der Waals surface area contributed by atoms with E-state index in [1.54, 1.807) is 8.61 Å². The Labute approximate surface area is 120 Å². The van der Waals surface area contributed by atoms with Crippen molar-refractivity contribution in [1.82, 2.24) is 8.61 Å². The monoisotopic (exact) mass is 304 g/mol. The number of aliphatic hydroxyl groups is 1. The van der Waals surface area contributed by atoms with Gasteiger partial charge in [-0.2, -0.15) is 17.0 Å². The van der Waals surface area contributed by atoms with Gasteiger partial charge in [0.25, 0.3) is 10.2 Å². The smallest absolute Gasteiger partial charge is 0.281 e. The molecule has 3 fully saturated rings. The first-order chi connectivity index (χ1) is 9.55. The van der Waals surface area contributed by atoms with Crippen molar-refractivity contribution in [1.29, 1.82) is 0 Å². The SMILES string of the molecule is O=S(=O)(N1CCCC1)N1CCC2(CC1)OCCCC2O. The van der Waals surface area contributed by atoms with Crippen LogP contribution in [-0.4, -0.2) is 66.6 Å². The number of hydrogen-bond acceptors (Lipinski definition) is 4. The fourth-order valence-electron chi connectivity index (χ4n) is 3.57. The summed E-state index contributed by atoms with van der Waals surface area (Å²) in [6, 6.07) is 0. The maximum Gasteiger partial charge on any atom is 0.281 e. The Bertz CT molecular complexity index is 439. The van der Waals surface area contributed by atoms with Crippen molar-refractivity contribution in [3.8, 4) is 0 Å². The number of aliphatic hydroxyl groups excluding tert-OH is 1. The first-order valence-corrected chi connectivity index (χ1v) is 9.02. The van der Waals surface area contributed by atoms with E-state index < -0.39 is 21.9 Å². The molecule has 3 aliphatic rings. The van der Waals surface area contributed by atoms with Crippen LogP contribution in [0.15, 0.2) is 0 Å². The van der Waals surface area contributed by atoms with E-state index in [1.807, 2.05) is 0 Å². The molecular formula is C13H24N2O4S. The quantitative estimate of drug-likeness (QED) is 0.798. The second-order valence-corrected chi connectivity index (χ2v) is 8.01. The van der Waals surface area contributed by atoms with Crippen molar-refractivity contribution >= 4 is 10.2 Å². The van der Waals surface area contributed by atoms with E-state index in [9.17, 15) is 13.5 Å². The van der Waals surface area contributed by atoms with Gasteiger partial charge in [0.15, 0.2) is 0 Å². The van der Waals surface area contributed by atoms with Crippen molar-refractivity contribution in [3.63, 3.8) is 0 Å². The molecule has 3 aliphatic heterocycles. The third kappa shape index (κ3) is 2.50. The number of nitrogens with zero attached hydrogens (tertiary/aromatic N) is 2. The maximum absolute atomic E-state index is 12.5. The molecule has 0 aromatic heterocycles. The molecule has 3 saturated heterocycles. The zero-order valence-corrected chi connectivity index (χ0v) is 12.6. The number of rotatable bonds is 2. The van der Waals surface area contributed by atoms with Gasteiger partial charge in [-0.1, -0.05) is 0 Å². The van der Waals surface area contributed by atoms with Gasteiger partial charge >= 0.3 is 0 Å². The zero-order chi connectivity index (χ0) is 14.2. The summed E-state index contributed by atoms with van der Waals surface area (Å²) in [6.07, 6.45) is 4.31. The number of piperidine rings is 1. The maximum atomic E-state index is 12.5. The highest BCUT2D eigenvalue weighted by Crippen LogP contribution is 2.36. The summed E-state index contributed by atoms with van der Waals surface area (Å²) in [5.41, 5.74) is -0.505.